The minimum atomic E-state index is -0.933. The van der Waals surface area contributed by atoms with Crippen LogP contribution >= 0.6 is 0 Å². The Morgan fingerprint density at radius 2 is 1.74 bits per heavy atom. The van der Waals surface area contributed by atoms with Gasteiger partial charge in [-0.1, -0.05) is 32.9 Å². The molecule has 1 aliphatic rings. The Kier molecular flexibility index (Phi) is 5.76. The fourth-order valence-corrected chi connectivity index (χ4v) is 3.63. The normalized spacial score (nSPS) is 16.3. The van der Waals surface area contributed by atoms with Gasteiger partial charge in [0.05, 0.1) is 37.5 Å². The molecule has 0 radical (unpaired) electrons. The number of amides is 1. The largest absolute Gasteiger partial charge is 0.503 e. The van der Waals surface area contributed by atoms with Crippen LogP contribution in [0.3, 0.4) is 0 Å². The second-order valence-corrected chi connectivity index (χ2v) is 8.16. The van der Waals surface area contributed by atoms with E-state index in [0.29, 0.717) is 28.3 Å². The zero-order valence-corrected chi connectivity index (χ0v) is 18.1. The van der Waals surface area contributed by atoms with Crippen LogP contribution in [0.15, 0.2) is 53.8 Å². The highest BCUT2D eigenvalue weighted by atomic mass is 16.5. The van der Waals surface area contributed by atoms with Gasteiger partial charge >= 0.3 is 0 Å². The maximum Gasteiger partial charge on any atom is 0.294 e. The molecule has 7 heteroatoms. The van der Waals surface area contributed by atoms with Gasteiger partial charge in [0.15, 0.2) is 23.0 Å². The second kappa shape index (κ2) is 8.15. The number of anilines is 1. The van der Waals surface area contributed by atoms with Crippen molar-refractivity contribution >= 4 is 17.4 Å². The van der Waals surface area contributed by atoms with E-state index in [0.717, 1.165) is 0 Å². The van der Waals surface area contributed by atoms with Crippen molar-refractivity contribution in [1.82, 2.24) is 0 Å². The number of benzene rings is 2. The molecule has 0 bridgehead atoms. The Bertz CT molecular complexity index is 1100. The first kappa shape index (κ1) is 21.9. The highest BCUT2D eigenvalue weighted by Gasteiger charge is 2.47. The Labute approximate surface area is 181 Å². The summed E-state index contributed by atoms with van der Waals surface area (Å²) in [4.78, 5) is 27.8. The fourth-order valence-electron chi connectivity index (χ4n) is 3.63. The summed E-state index contributed by atoms with van der Waals surface area (Å²) >= 11 is 0. The molecule has 0 aromatic heterocycles. The van der Waals surface area contributed by atoms with E-state index < -0.39 is 23.1 Å². The topological polar surface area (TPSA) is 99.9 Å². The number of nitrogens with zero attached hydrogens (tertiary/aromatic N) is 2. The number of Topliss-reactive ketones (excluding diaryl/α,β-unsaturated/α-hetero) is 1. The van der Waals surface area contributed by atoms with E-state index in [1.54, 1.807) is 63.2 Å². The summed E-state index contributed by atoms with van der Waals surface area (Å²) in [7, 11) is 2.97. The number of para-hydroxylation sites is 1. The van der Waals surface area contributed by atoms with Gasteiger partial charge in [-0.15, -0.1) is 0 Å². The number of nitriles is 1. The molecule has 3 rings (SSSR count). The van der Waals surface area contributed by atoms with Gasteiger partial charge in [0.25, 0.3) is 5.91 Å². The molecule has 7 nitrogen and oxygen atoms in total. The third-order valence-corrected chi connectivity index (χ3v) is 5.14. The van der Waals surface area contributed by atoms with Gasteiger partial charge in [0.2, 0.25) is 0 Å². The van der Waals surface area contributed by atoms with Crippen molar-refractivity contribution in [3.05, 3.63) is 64.9 Å². The van der Waals surface area contributed by atoms with Gasteiger partial charge in [-0.3, -0.25) is 14.5 Å². The lowest BCUT2D eigenvalue weighted by atomic mass is 9.82. The number of ketones is 1. The molecule has 1 amide bonds. The Morgan fingerprint density at radius 1 is 1.10 bits per heavy atom. The highest BCUT2D eigenvalue weighted by molar-refractivity contribution is 6.17. The standard InChI is InChI=1S/C24H24N2O5/c1-24(2,3)22(28)18-19(16-7-6-8-17(30-4)21(16)31-5)26(23(29)20(18)27)15-11-9-14(13-25)10-12-15/h6-12,19,27H,1-5H3. The van der Waals surface area contributed by atoms with Crippen molar-refractivity contribution in [2.75, 3.05) is 19.1 Å². The lowest BCUT2D eigenvalue weighted by Gasteiger charge is -2.30. The first-order valence-electron chi connectivity index (χ1n) is 9.68. The number of hydrogen-bond acceptors (Lipinski definition) is 6. The third-order valence-electron chi connectivity index (χ3n) is 5.14. The lowest BCUT2D eigenvalue weighted by Crippen LogP contribution is -2.33. The molecule has 1 atom stereocenters. The Morgan fingerprint density at radius 3 is 2.26 bits per heavy atom. The summed E-state index contributed by atoms with van der Waals surface area (Å²) in [5, 5.41) is 19.9. The number of ether oxygens (including phenoxy) is 2. The van der Waals surface area contributed by atoms with Gasteiger partial charge in [-0.2, -0.15) is 5.26 Å². The quantitative estimate of drug-likeness (QED) is 0.782. The summed E-state index contributed by atoms with van der Waals surface area (Å²) in [6.45, 7) is 5.18. The number of carbonyl (C=O) groups is 2. The van der Waals surface area contributed by atoms with Crippen molar-refractivity contribution in [1.29, 1.82) is 5.26 Å². The molecule has 1 heterocycles. The lowest BCUT2D eigenvalue weighted by molar-refractivity contribution is -0.123. The molecule has 2 aromatic carbocycles. The fraction of sp³-hybridized carbons (Fsp3) is 0.292. The van der Waals surface area contributed by atoms with Gasteiger partial charge < -0.3 is 14.6 Å². The van der Waals surface area contributed by atoms with E-state index in [2.05, 4.69) is 0 Å². The monoisotopic (exact) mass is 420 g/mol. The Hall–Kier alpha value is -3.79. The van der Waals surface area contributed by atoms with Gasteiger partial charge in [-0.05, 0) is 30.3 Å². The first-order valence-corrected chi connectivity index (χ1v) is 9.68. The summed E-state index contributed by atoms with van der Waals surface area (Å²) in [5.41, 5.74) is 0.509. The number of aliphatic hydroxyl groups is 1. The summed E-state index contributed by atoms with van der Waals surface area (Å²) in [6.07, 6.45) is 0. The maximum absolute atomic E-state index is 13.3. The van der Waals surface area contributed by atoms with Crippen LogP contribution in [0.25, 0.3) is 0 Å². The molecule has 0 saturated heterocycles. The molecule has 0 aliphatic carbocycles. The van der Waals surface area contributed by atoms with E-state index in [1.165, 1.54) is 19.1 Å². The summed E-state index contributed by atoms with van der Waals surface area (Å²) < 4.78 is 11.0. The SMILES string of the molecule is COc1cccc(C2C(C(=O)C(C)(C)C)=C(O)C(=O)N2c2ccc(C#N)cc2)c1OC. The first-order chi connectivity index (χ1) is 14.6. The number of aliphatic hydroxyl groups excluding tert-OH is 1. The van der Waals surface area contributed by atoms with E-state index in [4.69, 9.17) is 14.7 Å². The van der Waals surface area contributed by atoms with Crippen LogP contribution in [-0.2, 0) is 9.59 Å². The van der Waals surface area contributed by atoms with Crippen molar-refractivity contribution in [3.63, 3.8) is 0 Å². The minimum absolute atomic E-state index is 0.00610. The van der Waals surface area contributed by atoms with Crippen LogP contribution in [0, 0.1) is 16.7 Å². The minimum Gasteiger partial charge on any atom is -0.503 e. The molecule has 160 valence electrons. The maximum atomic E-state index is 13.3. The number of hydrogen-bond donors (Lipinski definition) is 1. The molecule has 1 N–H and O–H groups in total. The van der Waals surface area contributed by atoms with E-state index in [1.807, 2.05) is 6.07 Å². The van der Waals surface area contributed by atoms with Crippen LogP contribution in [-0.4, -0.2) is 31.0 Å². The molecule has 31 heavy (non-hydrogen) atoms. The second-order valence-electron chi connectivity index (χ2n) is 8.16. The Balaban J connectivity index is 2.29. The van der Waals surface area contributed by atoms with Crippen molar-refractivity contribution < 1.29 is 24.2 Å². The van der Waals surface area contributed by atoms with E-state index >= 15 is 0 Å². The molecule has 2 aromatic rings. The van der Waals surface area contributed by atoms with Crippen LogP contribution in [0.4, 0.5) is 5.69 Å². The molecule has 1 aliphatic heterocycles. The highest BCUT2D eigenvalue weighted by Crippen LogP contribution is 2.47. The van der Waals surface area contributed by atoms with E-state index in [9.17, 15) is 14.7 Å². The third kappa shape index (κ3) is 3.73. The van der Waals surface area contributed by atoms with Crippen LogP contribution in [0.2, 0.25) is 0 Å². The molecular weight excluding hydrogens is 396 g/mol. The zero-order chi connectivity index (χ0) is 22.9. The smallest absolute Gasteiger partial charge is 0.294 e. The van der Waals surface area contributed by atoms with Gasteiger partial charge in [0, 0.05) is 16.7 Å². The number of rotatable bonds is 5. The molecule has 0 saturated carbocycles. The molecule has 0 spiro atoms. The van der Waals surface area contributed by atoms with Crippen molar-refractivity contribution in [3.8, 4) is 17.6 Å². The van der Waals surface area contributed by atoms with Gasteiger partial charge in [-0.25, -0.2) is 0 Å². The summed E-state index contributed by atoms with van der Waals surface area (Å²) in [6, 6.07) is 12.6. The predicted molar refractivity (Wildman–Crippen MR) is 115 cm³/mol. The van der Waals surface area contributed by atoms with Crippen molar-refractivity contribution in [2.24, 2.45) is 5.41 Å². The van der Waals surface area contributed by atoms with E-state index in [-0.39, 0.29) is 11.4 Å². The van der Waals surface area contributed by atoms with Crippen LogP contribution in [0.5, 0.6) is 11.5 Å². The van der Waals surface area contributed by atoms with Crippen molar-refractivity contribution in [2.45, 2.75) is 26.8 Å². The van der Waals surface area contributed by atoms with Gasteiger partial charge in [0.1, 0.15) is 0 Å². The zero-order valence-electron chi connectivity index (χ0n) is 18.1. The molecular formula is C24H24N2O5. The number of carbonyl (C=O) groups excluding carboxylic acids is 2. The predicted octanol–water partition coefficient (Wildman–Crippen LogP) is 4.09. The average Bonchev–Trinajstić information content (AvgIpc) is 3.02. The average molecular weight is 420 g/mol. The van der Waals surface area contributed by atoms with Crippen LogP contribution < -0.4 is 14.4 Å². The molecule has 1 unspecified atom stereocenters. The number of methoxy groups -OCH3 is 2. The van der Waals surface area contributed by atoms with Crippen LogP contribution in [0.1, 0.15) is 37.9 Å². The summed E-state index contributed by atoms with van der Waals surface area (Å²) in [5.74, 6) is -0.868. The molecule has 0 fully saturated rings.